The highest BCUT2D eigenvalue weighted by atomic mass is 79.9. The molecule has 0 unspecified atom stereocenters. The number of esters is 1. The van der Waals surface area contributed by atoms with E-state index in [1.807, 2.05) is 10.8 Å². The number of halogens is 1. The Balaban J connectivity index is 1.91. The number of imidazole rings is 1. The summed E-state index contributed by atoms with van der Waals surface area (Å²) in [4.78, 5) is 15.2. The van der Waals surface area contributed by atoms with E-state index >= 15 is 0 Å². The molecule has 0 aliphatic rings. The monoisotopic (exact) mass is 330 g/mol. The van der Waals surface area contributed by atoms with Crippen LogP contribution in [0.1, 0.15) is 17.1 Å². The van der Waals surface area contributed by atoms with Crippen LogP contribution in [0.2, 0.25) is 0 Å². The predicted molar refractivity (Wildman–Crippen MR) is 69.3 cm³/mol. The molecule has 0 fully saturated rings. The second-order valence-corrected chi connectivity index (χ2v) is 5.90. The van der Waals surface area contributed by atoms with Crippen molar-refractivity contribution in [3.05, 3.63) is 27.1 Å². The molecule has 0 saturated heterocycles. The maximum Gasteiger partial charge on any atom is 0.305 e. The van der Waals surface area contributed by atoms with Crippen LogP contribution in [0, 0.1) is 0 Å². The van der Waals surface area contributed by atoms with E-state index in [4.69, 9.17) is 0 Å². The van der Waals surface area contributed by atoms with Gasteiger partial charge in [-0.3, -0.25) is 4.79 Å². The quantitative estimate of drug-likeness (QED) is 0.779. The summed E-state index contributed by atoms with van der Waals surface area (Å²) in [6.07, 6.45) is 4.55. The minimum atomic E-state index is -0.224. The Morgan fingerprint density at radius 3 is 3.06 bits per heavy atom. The zero-order chi connectivity index (χ0) is 13.0. The van der Waals surface area contributed by atoms with Crippen LogP contribution >= 0.6 is 27.3 Å². The Morgan fingerprint density at radius 1 is 1.56 bits per heavy atom. The van der Waals surface area contributed by atoms with Crippen LogP contribution < -0.4 is 0 Å². The van der Waals surface area contributed by atoms with Gasteiger partial charge >= 0.3 is 5.97 Å². The molecule has 18 heavy (non-hydrogen) atoms. The van der Waals surface area contributed by atoms with Crippen LogP contribution in [0.3, 0.4) is 0 Å². The Hall–Kier alpha value is -1.28. The van der Waals surface area contributed by atoms with Gasteiger partial charge in [0, 0.05) is 12.6 Å². The fraction of sp³-hybridized carbons (Fsp3) is 0.400. The first-order chi connectivity index (χ1) is 8.67. The van der Waals surface area contributed by atoms with Gasteiger partial charge < -0.3 is 9.30 Å². The van der Waals surface area contributed by atoms with E-state index in [0.29, 0.717) is 19.4 Å². The third kappa shape index (κ3) is 3.61. The summed E-state index contributed by atoms with van der Waals surface area (Å²) in [5.74, 6) is -0.224. The van der Waals surface area contributed by atoms with E-state index in [1.165, 1.54) is 18.4 Å². The van der Waals surface area contributed by atoms with Crippen molar-refractivity contribution in [2.75, 3.05) is 7.11 Å². The van der Waals surface area contributed by atoms with Crippen LogP contribution in [-0.2, 0) is 22.5 Å². The lowest BCUT2D eigenvalue weighted by Crippen LogP contribution is -2.02. The molecule has 0 N–H and O–H groups in total. The number of hydrogen-bond acceptors (Lipinski definition) is 6. The van der Waals surface area contributed by atoms with Gasteiger partial charge in [-0.1, -0.05) is 11.3 Å². The third-order valence-electron chi connectivity index (χ3n) is 2.26. The van der Waals surface area contributed by atoms with Gasteiger partial charge in [-0.05, 0) is 15.9 Å². The Kier molecular flexibility index (Phi) is 4.43. The maximum absolute atomic E-state index is 11.0. The van der Waals surface area contributed by atoms with Crippen molar-refractivity contribution in [1.82, 2.24) is 19.7 Å². The standard InChI is InChI=1S/C10H11BrN4O2S/c1-17-9(16)3-2-7-4-15(6-12-7)5-8-13-14-10(11)18-8/h4,6H,2-3,5H2,1H3. The van der Waals surface area contributed by atoms with Crippen molar-refractivity contribution < 1.29 is 9.53 Å². The molecule has 0 aromatic carbocycles. The molecule has 6 nitrogen and oxygen atoms in total. The van der Waals surface area contributed by atoms with Crippen molar-refractivity contribution in [1.29, 1.82) is 0 Å². The number of rotatable bonds is 5. The number of carbonyl (C=O) groups is 1. The normalized spacial score (nSPS) is 10.6. The highest BCUT2D eigenvalue weighted by Crippen LogP contribution is 2.16. The lowest BCUT2D eigenvalue weighted by Gasteiger charge is -1.97. The third-order valence-corrected chi connectivity index (χ3v) is 3.60. The highest BCUT2D eigenvalue weighted by molar-refractivity contribution is 9.11. The van der Waals surface area contributed by atoms with Gasteiger partial charge in [-0.2, -0.15) is 0 Å². The first-order valence-electron chi connectivity index (χ1n) is 5.22. The molecule has 0 spiro atoms. The molecule has 0 aliphatic heterocycles. The van der Waals surface area contributed by atoms with Crippen LogP contribution in [-0.4, -0.2) is 32.8 Å². The SMILES string of the molecule is COC(=O)CCc1cn(Cc2nnc(Br)s2)cn1. The minimum Gasteiger partial charge on any atom is -0.469 e. The zero-order valence-electron chi connectivity index (χ0n) is 9.67. The lowest BCUT2D eigenvalue weighted by molar-refractivity contribution is -0.140. The summed E-state index contributed by atoms with van der Waals surface area (Å²) in [6.45, 7) is 0.633. The number of nitrogens with zero attached hydrogens (tertiary/aromatic N) is 4. The van der Waals surface area contributed by atoms with Crippen molar-refractivity contribution in [3.63, 3.8) is 0 Å². The summed E-state index contributed by atoms with van der Waals surface area (Å²) in [7, 11) is 1.38. The van der Waals surface area contributed by atoms with E-state index in [1.54, 1.807) is 6.33 Å². The fourth-order valence-corrected chi connectivity index (χ4v) is 2.62. The van der Waals surface area contributed by atoms with Crippen LogP contribution in [0.25, 0.3) is 0 Å². The van der Waals surface area contributed by atoms with Crippen molar-refractivity contribution >= 4 is 33.2 Å². The summed E-state index contributed by atoms with van der Waals surface area (Å²) in [5.41, 5.74) is 0.865. The molecule has 2 heterocycles. The number of aromatic nitrogens is 4. The average Bonchev–Trinajstić information content (AvgIpc) is 2.96. The Morgan fingerprint density at radius 2 is 2.39 bits per heavy atom. The highest BCUT2D eigenvalue weighted by Gasteiger charge is 2.06. The number of aryl methyl sites for hydroxylation is 1. The smallest absolute Gasteiger partial charge is 0.305 e. The van der Waals surface area contributed by atoms with Gasteiger partial charge in [0.25, 0.3) is 0 Å². The van der Waals surface area contributed by atoms with E-state index in [0.717, 1.165) is 14.6 Å². The van der Waals surface area contributed by atoms with Crippen molar-refractivity contribution in [2.45, 2.75) is 19.4 Å². The van der Waals surface area contributed by atoms with E-state index < -0.39 is 0 Å². The largest absolute Gasteiger partial charge is 0.469 e. The van der Waals surface area contributed by atoms with E-state index in [2.05, 4.69) is 35.8 Å². The van der Waals surface area contributed by atoms with Gasteiger partial charge in [-0.25, -0.2) is 4.98 Å². The number of methoxy groups -OCH3 is 1. The van der Waals surface area contributed by atoms with Crippen LogP contribution in [0.4, 0.5) is 0 Å². The van der Waals surface area contributed by atoms with E-state index in [9.17, 15) is 4.79 Å². The number of ether oxygens (including phenoxy) is 1. The van der Waals surface area contributed by atoms with Gasteiger partial charge in [-0.15, -0.1) is 10.2 Å². The maximum atomic E-state index is 11.0. The Bertz CT molecular complexity index is 539. The Labute approximate surface area is 116 Å². The second-order valence-electron chi connectivity index (χ2n) is 3.56. The lowest BCUT2D eigenvalue weighted by atomic mass is 10.2. The fourth-order valence-electron chi connectivity index (χ4n) is 1.41. The van der Waals surface area contributed by atoms with Crippen molar-refractivity contribution in [2.24, 2.45) is 0 Å². The molecule has 2 aromatic heterocycles. The van der Waals surface area contributed by atoms with Gasteiger partial charge in [0.05, 0.1) is 32.1 Å². The summed E-state index contributed by atoms with van der Waals surface area (Å²) in [6, 6.07) is 0. The number of carbonyl (C=O) groups excluding carboxylic acids is 1. The van der Waals surface area contributed by atoms with Gasteiger partial charge in [0.1, 0.15) is 5.01 Å². The topological polar surface area (TPSA) is 69.9 Å². The minimum absolute atomic E-state index is 0.224. The van der Waals surface area contributed by atoms with Crippen molar-refractivity contribution in [3.8, 4) is 0 Å². The molecule has 0 aliphatic carbocycles. The van der Waals surface area contributed by atoms with Crippen LogP contribution in [0.15, 0.2) is 16.4 Å². The summed E-state index contributed by atoms with van der Waals surface area (Å²) < 4.78 is 7.27. The predicted octanol–water partition coefficient (Wildman–Crippen LogP) is 1.65. The zero-order valence-corrected chi connectivity index (χ0v) is 12.1. The van der Waals surface area contributed by atoms with Crippen LogP contribution in [0.5, 0.6) is 0 Å². The second kappa shape index (κ2) is 6.05. The van der Waals surface area contributed by atoms with E-state index in [-0.39, 0.29) is 5.97 Å². The molecule has 0 saturated carbocycles. The molecule has 2 rings (SSSR count). The first-order valence-corrected chi connectivity index (χ1v) is 6.83. The molecule has 0 bridgehead atoms. The summed E-state index contributed by atoms with van der Waals surface area (Å²) >= 11 is 4.75. The molecule has 96 valence electrons. The average molecular weight is 331 g/mol. The summed E-state index contributed by atoms with van der Waals surface area (Å²) in [5, 5.41) is 8.79. The molecule has 0 atom stereocenters. The first kappa shape index (κ1) is 13.2. The molecular weight excluding hydrogens is 320 g/mol. The van der Waals surface area contributed by atoms with Gasteiger partial charge in [0.2, 0.25) is 0 Å². The molecule has 0 radical (unpaired) electrons. The van der Waals surface area contributed by atoms with Gasteiger partial charge in [0.15, 0.2) is 3.92 Å². The molecule has 0 amide bonds. The molecule has 2 aromatic rings. The molecule has 8 heteroatoms. The molecular formula is C10H11BrN4O2S. The number of hydrogen-bond donors (Lipinski definition) is 0.